The number of hydrogen-bond acceptors (Lipinski definition) is 4. The number of rotatable bonds is 3. The van der Waals surface area contributed by atoms with Gasteiger partial charge >= 0.3 is 5.78 Å². The fourth-order valence-electron chi connectivity index (χ4n) is 5.48. The SMILES string of the molecule is CC(C)(C)C(=[OH+])/C=C(\O)C(C)(C)C.Cc1[c-]c(-c2nccc3c2ccc2cc(-c4ccc(C#N)c5ncccc45)ccc23)cc(C)c1.[Ir]. The van der Waals surface area contributed by atoms with Crippen molar-refractivity contribution in [3.8, 4) is 28.5 Å². The van der Waals surface area contributed by atoms with Crippen LogP contribution in [0.4, 0.5) is 0 Å². The molecule has 0 atom stereocenters. The van der Waals surface area contributed by atoms with Crippen LogP contribution in [0.1, 0.15) is 58.2 Å². The number of nitrogens with zero attached hydrogens (tertiary/aromatic N) is 3. The van der Waals surface area contributed by atoms with E-state index in [9.17, 15) is 15.2 Å². The Kier molecular flexibility index (Phi) is 10.7. The topological polar surface area (TPSA) is 91.2 Å². The third kappa shape index (κ3) is 7.71. The molecule has 0 aliphatic carbocycles. The zero-order chi connectivity index (χ0) is 34.1. The second-order valence-corrected chi connectivity index (χ2v) is 14.1. The zero-order valence-electron chi connectivity index (χ0n) is 28.7. The number of pyridine rings is 2. The van der Waals surface area contributed by atoms with Gasteiger partial charge in [0.05, 0.1) is 22.6 Å². The molecule has 5 nitrogen and oxygen atoms in total. The molecule has 0 bridgehead atoms. The van der Waals surface area contributed by atoms with Crippen LogP contribution in [0.15, 0.2) is 97.0 Å². The Labute approximate surface area is 296 Å². The Morgan fingerprint density at radius 3 is 2.21 bits per heavy atom. The van der Waals surface area contributed by atoms with Gasteiger partial charge in [0, 0.05) is 43.3 Å². The first-order chi connectivity index (χ1) is 22.2. The number of aromatic nitrogens is 2. The predicted molar refractivity (Wildman–Crippen MR) is 195 cm³/mol. The normalized spacial score (nSPS) is 11.9. The van der Waals surface area contributed by atoms with Crippen molar-refractivity contribution >= 4 is 38.2 Å². The monoisotopic (exact) mass is 812 g/mol. The van der Waals surface area contributed by atoms with Crippen LogP contribution in [0.2, 0.25) is 0 Å². The molecule has 0 saturated heterocycles. The fraction of sp³-hybridized carbons (Fsp3) is 0.238. The summed E-state index contributed by atoms with van der Waals surface area (Å²) in [6.45, 7) is 15.6. The van der Waals surface area contributed by atoms with Gasteiger partial charge in [0.1, 0.15) is 11.8 Å². The Morgan fingerprint density at radius 1 is 0.812 bits per heavy atom. The summed E-state index contributed by atoms with van der Waals surface area (Å²) in [6, 6.07) is 30.8. The van der Waals surface area contributed by atoms with E-state index in [0.717, 1.165) is 49.6 Å². The Bertz CT molecular complexity index is 2210. The molecule has 0 unspecified atom stereocenters. The van der Waals surface area contributed by atoms with E-state index < -0.39 is 0 Å². The van der Waals surface area contributed by atoms with Gasteiger partial charge < -0.3 is 10.1 Å². The molecule has 2 heterocycles. The third-order valence-corrected chi connectivity index (χ3v) is 8.18. The van der Waals surface area contributed by atoms with Gasteiger partial charge in [-0.25, -0.2) is 0 Å². The summed E-state index contributed by atoms with van der Waals surface area (Å²) in [6.07, 6.45) is 5.06. The molecular formula is C42H41IrN3O2. The van der Waals surface area contributed by atoms with E-state index in [1.54, 1.807) is 6.20 Å². The van der Waals surface area contributed by atoms with Crippen molar-refractivity contribution in [3.05, 3.63) is 120 Å². The number of benzene rings is 4. The molecule has 2 aromatic heterocycles. The number of aryl methyl sites for hydroxylation is 2. The summed E-state index contributed by atoms with van der Waals surface area (Å²) in [5.41, 5.74) is 7.20. The first-order valence-electron chi connectivity index (χ1n) is 15.8. The molecule has 245 valence electrons. The average Bonchev–Trinajstić information content (AvgIpc) is 3.02. The Balaban J connectivity index is 0.000000319. The van der Waals surface area contributed by atoms with Gasteiger partial charge in [-0.15, -0.1) is 34.9 Å². The van der Waals surface area contributed by atoms with E-state index in [2.05, 4.69) is 79.5 Å². The smallest absolute Gasteiger partial charge is 0.325 e. The number of aliphatic hydroxyl groups is 1. The first kappa shape index (κ1) is 36.2. The average molecular weight is 812 g/mol. The van der Waals surface area contributed by atoms with Crippen LogP contribution in [0.5, 0.6) is 0 Å². The summed E-state index contributed by atoms with van der Waals surface area (Å²) in [5, 5.41) is 24.7. The predicted octanol–water partition coefficient (Wildman–Crippen LogP) is 10.6. The van der Waals surface area contributed by atoms with E-state index in [0.29, 0.717) is 5.56 Å². The number of hydrogen-bond donors (Lipinski definition) is 1. The third-order valence-electron chi connectivity index (χ3n) is 8.18. The van der Waals surface area contributed by atoms with Gasteiger partial charge in [-0.1, -0.05) is 71.0 Å². The standard InChI is InChI=1S/C31H20N3.C11H20O2.Ir/c1-19-14-20(2)16-24(15-19)31-29-10-6-21-17-22(5-8-25(21)27(29)11-13-34-31)26-9-7-23(18-32)30-28(26)4-3-12-33-30;1-10(2,3)8(12)7-9(13)11(4,5)6;/h3-15,17H,1-2H3;7,12H,1-6H3;/q-1;;/p+1/b;8-7-;. The summed E-state index contributed by atoms with van der Waals surface area (Å²) in [4.78, 5) is 18.8. The van der Waals surface area contributed by atoms with E-state index in [-0.39, 0.29) is 42.5 Å². The Hall–Kier alpha value is -4.69. The van der Waals surface area contributed by atoms with E-state index in [1.807, 2.05) is 72.0 Å². The molecule has 48 heavy (non-hydrogen) atoms. The van der Waals surface area contributed by atoms with Gasteiger partial charge in [-0.3, -0.25) is 9.78 Å². The summed E-state index contributed by atoms with van der Waals surface area (Å²) >= 11 is 0. The molecule has 0 fully saturated rings. The molecule has 0 spiro atoms. The number of allylic oxidation sites excluding steroid dienone is 2. The maximum absolute atomic E-state index is 9.60. The van der Waals surface area contributed by atoms with E-state index in [1.165, 1.54) is 22.4 Å². The minimum absolute atomic E-state index is 0. The minimum atomic E-state index is -0.306. The molecule has 1 radical (unpaired) electrons. The van der Waals surface area contributed by atoms with Crippen molar-refractivity contribution in [3.63, 3.8) is 0 Å². The maximum Gasteiger partial charge on any atom is 0.325 e. The summed E-state index contributed by atoms with van der Waals surface area (Å²) in [7, 11) is 0. The van der Waals surface area contributed by atoms with Crippen LogP contribution in [0.25, 0.3) is 54.8 Å². The second-order valence-electron chi connectivity index (χ2n) is 14.1. The summed E-state index contributed by atoms with van der Waals surface area (Å²) < 4.78 is 0. The number of aliphatic hydroxyl groups excluding tert-OH is 1. The molecule has 2 N–H and O–H groups in total. The first-order valence-corrected chi connectivity index (χ1v) is 15.8. The van der Waals surface area contributed by atoms with Crippen LogP contribution >= 0.6 is 0 Å². The number of carbonyl (C=O) groups excluding carboxylic acids is 1. The quantitative estimate of drug-likeness (QED) is 0.0634. The zero-order valence-corrected chi connectivity index (χ0v) is 31.1. The largest absolute Gasteiger partial charge is 0.511 e. The van der Waals surface area contributed by atoms with Gasteiger partial charge in [0.2, 0.25) is 0 Å². The van der Waals surface area contributed by atoms with Crippen LogP contribution in [0.3, 0.4) is 0 Å². The van der Waals surface area contributed by atoms with Crippen LogP contribution in [-0.4, -0.2) is 25.7 Å². The van der Waals surface area contributed by atoms with Crippen molar-refractivity contribution in [2.75, 3.05) is 0 Å². The van der Waals surface area contributed by atoms with Crippen LogP contribution in [0, 0.1) is 42.1 Å². The maximum atomic E-state index is 9.60. The minimum Gasteiger partial charge on any atom is -0.511 e. The van der Waals surface area contributed by atoms with Crippen molar-refractivity contribution < 1.29 is 30.0 Å². The van der Waals surface area contributed by atoms with Crippen LogP contribution < -0.4 is 0 Å². The van der Waals surface area contributed by atoms with E-state index >= 15 is 0 Å². The molecule has 0 aliphatic rings. The number of fused-ring (bicyclic) bond motifs is 4. The molecular weight excluding hydrogens is 771 g/mol. The molecule has 0 saturated carbocycles. The molecule has 0 amide bonds. The van der Waals surface area contributed by atoms with Crippen molar-refractivity contribution in [2.45, 2.75) is 55.4 Å². The molecule has 6 aromatic rings. The molecule has 6 heteroatoms. The van der Waals surface area contributed by atoms with Gasteiger partial charge in [-0.2, -0.15) is 5.26 Å². The van der Waals surface area contributed by atoms with E-state index in [4.69, 9.17) is 4.98 Å². The number of ketones is 1. The van der Waals surface area contributed by atoms with Crippen molar-refractivity contribution in [1.29, 1.82) is 5.26 Å². The summed E-state index contributed by atoms with van der Waals surface area (Å²) in [5.74, 6) is 0.417. The van der Waals surface area contributed by atoms with Gasteiger partial charge in [0.25, 0.3) is 0 Å². The molecule has 0 aliphatic heterocycles. The van der Waals surface area contributed by atoms with Crippen molar-refractivity contribution in [1.82, 2.24) is 9.97 Å². The molecule has 4 aromatic carbocycles. The Morgan fingerprint density at radius 2 is 1.54 bits per heavy atom. The van der Waals surface area contributed by atoms with Gasteiger partial charge in [0.15, 0.2) is 0 Å². The van der Waals surface area contributed by atoms with Crippen molar-refractivity contribution in [2.24, 2.45) is 10.8 Å². The number of nitriles is 1. The molecule has 6 rings (SSSR count). The second kappa shape index (κ2) is 14.2. The fourth-order valence-corrected chi connectivity index (χ4v) is 5.48. The van der Waals surface area contributed by atoms with Crippen LogP contribution in [-0.2, 0) is 20.1 Å². The van der Waals surface area contributed by atoms with Gasteiger partial charge in [-0.05, 0) is 83.4 Å².